The van der Waals surface area contributed by atoms with Crippen LogP contribution in [0, 0.1) is 11.8 Å². The first-order chi connectivity index (χ1) is 8.61. The number of piperidine rings is 1. The van der Waals surface area contributed by atoms with Crippen LogP contribution in [0.4, 0.5) is 0 Å². The van der Waals surface area contributed by atoms with E-state index in [4.69, 9.17) is 5.73 Å². The molecule has 0 bridgehead atoms. The topological polar surface area (TPSA) is 79.2 Å². The molecule has 1 aliphatic heterocycles. The van der Waals surface area contributed by atoms with Gasteiger partial charge in [-0.1, -0.05) is 6.92 Å². The largest absolute Gasteiger partial charge is 0.338 e. The van der Waals surface area contributed by atoms with Crippen LogP contribution in [0.15, 0.2) is 23.1 Å². The molecule has 5 heteroatoms. The molecular weight excluding hydrogens is 230 g/mol. The highest BCUT2D eigenvalue weighted by Crippen LogP contribution is 2.23. The Morgan fingerprint density at radius 1 is 1.56 bits per heavy atom. The molecule has 98 valence electrons. The SMILES string of the molecule is CC1CCN(C(=O)c2ccc(=O)[nH]c2)CC1CN. The van der Waals surface area contributed by atoms with Gasteiger partial charge in [0, 0.05) is 25.4 Å². The molecule has 1 aromatic rings. The second-order valence-corrected chi connectivity index (χ2v) is 4.95. The average Bonchev–Trinajstić information content (AvgIpc) is 2.39. The maximum atomic E-state index is 12.2. The molecule has 2 atom stereocenters. The Morgan fingerprint density at radius 3 is 2.94 bits per heavy atom. The number of hydrogen-bond donors (Lipinski definition) is 2. The van der Waals surface area contributed by atoms with Crippen LogP contribution in [-0.4, -0.2) is 35.4 Å². The van der Waals surface area contributed by atoms with Gasteiger partial charge in [-0.3, -0.25) is 9.59 Å². The fraction of sp³-hybridized carbons (Fsp3) is 0.538. The number of pyridine rings is 1. The van der Waals surface area contributed by atoms with Gasteiger partial charge in [-0.15, -0.1) is 0 Å². The molecule has 3 N–H and O–H groups in total. The Labute approximate surface area is 106 Å². The molecule has 18 heavy (non-hydrogen) atoms. The quantitative estimate of drug-likeness (QED) is 0.797. The van der Waals surface area contributed by atoms with Gasteiger partial charge in [-0.05, 0) is 30.9 Å². The molecule has 0 spiro atoms. The van der Waals surface area contributed by atoms with Crippen molar-refractivity contribution >= 4 is 5.91 Å². The number of nitrogens with one attached hydrogen (secondary N) is 1. The van der Waals surface area contributed by atoms with Gasteiger partial charge in [-0.2, -0.15) is 0 Å². The maximum absolute atomic E-state index is 12.2. The molecule has 1 aliphatic rings. The Morgan fingerprint density at radius 2 is 2.33 bits per heavy atom. The Hall–Kier alpha value is -1.62. The van der Waals surface area contributed by atoms with Crippen LogP contribution in [0.25, 0.3) is 0 Å². The van der Waals surface area contributed by atoms with Gasteiger partial charge in [0.1, 0.15) is 0 Å². The summed E-state index contributed by atoms with van der Waals surface area (Å²) in [6.07, 6.45) is 2.46. The predicted octanol–water partition coefficient (Wildman–Crippen LogP) is 0.432. The zero-order valence-corrected chi connectivity index (χ0v) is 10.6. The van der Waals surface area contributed by atoms with Gasteiger partial charge in [0.25, 0.3) is 5.91 Å². The molecule has 0 radical (unpaired) electrons. The molecule has 1 saturated heterocycles. The lowest BCUT2D eigenvalue weighted by Crippen LogP contribution is -2.45. The lowest BCUT2D eigenvalue weighted by Gasteiger charge is -2.36. The van der Waals surface area contributed by atoms with Crippen molar-refractivity contribution in [3.05, 3.63) is 34.2 Å². The van der Waals surface area contributed by atoms with E-state index in [1.165, 1.54) is 12.3 Å². The van der Waals surface area contributed by atoms with Gasteiger partial charge >= 0.3 is 0 Å². The molecule has 0 aromatic carbocycles. The Bertz CT molecular complexity index is 463. The van der Waals surface area contributed by atoms with Crippen molar-refractivity contribution in [3.63, 3.8) is 0 Å². The van der Waals surface area contributed by atoms with E-state index in [1.807, 2.05) is 4.90 Å². The van der Waals surface area contributed by atoms with Crippen molar-refractivity contribution in [2.75, 3.05) is 19.6 Å². The third-order valence-electron chi connectivity index (χ3n) is 3.74. The van der Waals surface area contributed by atoms with Gasteiger partial charge in [0.2, 0.25) is 5.56 Å². The third-order valence-corrected chi connectivity index (χ3v) is 3.74. The highest BCUT2D eigenvalue weighted by atomic mass is 16.2. The summed E-state index contributed by atoms with van der Waals surface area (Å²) in [5.74, 6) is 0.900. The van der Waals surface area contributed by atoms with Crippen molar-refractivity contribution in [3.8, 4) is 0 Å². The highest BCUT2D eigenvalue weighted by molar-refractivity contribution is 5.93. The van der Waals surface area contributed by atoms with Gasteiger partial charge in [0.15, 0.2) is 0 Å². The Kier molecular flexibility index (Phi) is 3.81. The van der Waals surface area contributed by atoms with Gasteiger partial charge in [-0.25, -0.2) is 0 Å². The molecule has 2 rings (SSSR count). The van der Waals surface area contributed by atoms with E-state index in [9.17, 15) is 9.59 Å². The first-order valence-corrected chi connectivity index (χ1v) is 6.30. The summed E-state index contributed by atoms with van der Waals surface area (Å²) in [6, 6.07) is 2.94. The van der Waals surface area contributed by atoms with E-state index in [0.717, 1.165) is 13.0 Å². The molecule has 0 aliphatic carbocycles. The minimum atomic E-state index is -0.196. The summed E-state index contributed by atoms with van der Waals surface area (Å²) < 4.78 is 0. The number of rotatable bonds is 2. The summed E-state index contributed by atoms with van der Waals surface area (Å²) in [4.78, 5) is 27.6. The van der Waals surface area contributed by atoms with Gasteiger partial charge in [0.05, 0.1) is 5.56 Å². The maximum Gasteiger partial charge on any atom is 0.255 e. The Balaban J connectivity index is 2.10. The second-order valence-electron chi connectivity index (χ2n) is 4.95. The van der Waals surface area contributed by atoms with Crippen molar-refractivity contribution in [1.29, 1.82) is 0 Å². The molecular formula is C13H19N3O2. The molecule has 1 fully saturated rings. The van der Waals surface area contributed by atoms with Crippen molar-refractivity contribution in [1.82, 2.24) is 9.88 Å². The van der Waals surface area contributed by atoms with E-state index in [1.54, 1.807) is 6.07 Å². The smallest absolute Gasteiger partial charge is 0.255 e. The number of nitrogens with two attached hydrogens (primary N) is 1. The van der Waals surface area contributed by atoms with Crippen molar-refractivity contribution in [2.24, 2.45) is 17.6 Å². The first kappa shape index (κ1) is 12.8. The molecule has 2 unspecified atom stereocenters. The summed E-state index contributed by atoms with van der Waals surface area (Å²) in [5.41, 5.74) is 6.06. The number of hydrogen-bond acceptors (Lipinski definition) is 3. The fourth-order valence-electron chi connectivity index (χ4n) is 2.37. The summed E-state index contributed by atoms with van der Waals surface area (Å²) >= 11 is 0. The number of aromatic amines is 1. The van der Waals surface area contributed by atoms with Crippen LogP contribution in [0.3, 0.4) is 0 Å². The fourth-order valence-corrected chi connectivity index (χ4v) is 2.37. The summed E-state index contributed by atoms with van der Waals surface area (Å²) in [6.45, 7) is 4.25. The molecule has 5 nitrogen and oxygen atoms in total. The van der Waals surface area contributed by atoms with E-state index in [-0.39, 0.29) is 11.5 Å². The van der Waals surface area contributed by atoms with E-state index >= 15 is 0 Å². The molecule has 0 saturated carbocycles. The lowest BCUT2D eigenvalue weighted by atomic mass is 9.87. The number of likely N-dealkylation sites (tertiary alicyclic amines) is 1. The van der Waals surface area contributed by atoms with Crippen LogP contribution in [0.5, 0.6) is 0 Å². The number of amides is 1. The molecule has 1 aromatic heterocycles. The van der Waals surface area contributed by atoms with Crippen molar-refractivity contribution < 1.29 is 4.79 Å². The summed E-state index contributed by atoms with van der Waals surface area (Å²) in [7, 11) is 0. The van der Waals surface area contributed by atoms with Crippen LogP contribution >= 0.6 is 0 Å². The zero-order chi connectivity index (χ0) is 13.1. The third kappa shape index (κ3) is 2.61. The standard InChI is InChI=1S/C13H19N3O2/c1-9-4-5-16(8-11(9)6-14)13(18)10-2-3-12(17)15-7-10/h2-3,7,9,11H,4-6,8,14H2,1H3,(H,15,17). The minimum absolute atomic E-state index is 0.0309. The highest BCUT2D eigenvalue weighted by Gasteiger charge is 2.28. The van der Waals surface area contributed by atoms with E-state index in [0.29, 0.717) is 30.5 Å². The molecule has 2 heterocycles. The second kappa shape index (κ2) is 5.35. The van der Waals surface area contributed by atoms with Crippen LogP contribution < -0.4 is 11.3 Å². The number of carbonyl (C=O) groups excluding carboxylic acids is 1. The van der Waals surface area contributed by atoms with E-state index < -0.39 is 0 Å². The monoisotopic (exact) mass is 249 g/mol. The van der Waals surface area contributed by atoms with Crippen molar-refractivity contribution in [2.45, 2.75) is 13.3 Å². The predicted molar refractivity (Wildman–Crippen MR) is 69.3 cm³/mol. The number of carbonyl (C=O) groups is 1. The lowest BCUT2D eigenvalue weighted by molar-refractivity contribution is 0.0618. The van der Waals surface area contributed by atoms with E-state index in [2.05, 4.69) is 11.9 Å². The normalized spacial score (nSPS) is 24.0. The zero-order valence-electron chi connectivity index (χ0n) is 10.6. The number of H-pyrrole nitrogens is 1. The number of aromatic nitrogens is 1. The van der Waals surface area contributed by atoms with Gasteiger partial charge < -0.3 is 15.6 Å². The van der Waals surface area contributed by atoms with Crippen LogP contribution in [-0.2, 0) is 0 Å². The first-order valence-electron chi connectivity index (χ1n) is 6.30. The number of nitrogens with zero attached hydrogens (tertiary/aromatic N) is 1. The summed E-state index contributed by atoms with van der Waals surface area (Å²) in [5, 5.41) is 0. The average molecular weight is 249 g/mol. The minimum Gasteiger partial charge on any atom is -0.338 e. The molecule has 1 amide bonds. The van der Waals surface area contributed by atoms with Crippen LogP contribution in [0.2, 0.25) is 0 Å². The van der Waals surface area contributed by atoms with Crippen LogP contribution in [0.1, 0.15) is 23.7 Å².